The zero-order chi connectivity index (χ0) is 9.26. The molecule has 1 aromatic carbocycles. The third-order valence-corrected chi connectivity index (χ3v) is 2.38. The average molecular weight is 183 g/mol. The predicted molar refractivity (Wildman–Crippen MR) is 46.4 cm³/mol. The number of hydrogen-bond acceptors (Lipinski definition) is 1. The van der Waals surface area contributed by atoms with Gasteiger partial charge in [-0.25, -0.2) is 8.78 Å². The molecule has 0 saturated carbocycles. The van der Waals surface area contributed by atoms with Crippen molar-refractivity contribution in [3.8, 4) is 0 Å². The lowest BCUT2D eigenvalue weighted by atomic mass is 9.94. The van der Waals surface area contributed by atoms with Gasteiger partial charge in [-0.2, -0.15) is 0 Å². The molecule has 0 atom stereocenters. The molecule has 0 aromatic heterocycles. The molecule has 0 unspecified atom stereocenters. The van der Waals surface area contributed by atoms with Crippen LogP contribution in [0.4, 0.5) is 8.78 Å². The summed E-state index contributed by atoms with van der Waals surface area (Å²) in [4.78, 5) is 0. The summed E-state index contributed by atoms with van der Waals surface area (Å²) < 4.78 is 25.8. The highest BCUT2D eigenvalue weighted by molar-refractivity contribution is 5.19. The maximum atomic E-state index is 13.1. The maximum Gasteiger partial charge on any atom is 0.126 e. The van der Waals surface area contributed by atoms with E-state index in [1.807, 2.05) is 0 Å². The van der Waals surface area contributed by atoms with E-state index in [1.54, 1.807) is 0 Å². The zero-order valence-corrected chi connectivity index (χ0v) is 7.19. The molecule has 70 valence electrons. The number of hydrogen-bond donors (Lipinski definition) is 1. The first kappa shape index (κ1) is 8.63. The Morgan fingerprint density at radius 3 is 2.69 bits per heavy atom. The van der Waals surface area contributed by atoms with E-state index in [2.05, 4.69) is 5.32 Å². The summed E-state index contributed by atoms with van der Waals surface area (Å²) in [6.07, 6.45) is 0.636. The van der Waals surface area contributed by atoms with Crippen LogP contribution in [0.25, 0.3) is 0 Å². The van der Waals surface area contributed by atoms with Gasteiger partial charge in [-0.1, -0.05) is 0 Å². The zero-order valence-electron chi connectivity index (χ0n) is 7.19. The smallest absolute Gasteiger partial charge is 0.126 e. The van der Waals surface area contributed by atoms with Crippen molar-refractivity contribution in [1.82, 2.24) is 5.32 Å². The number of benzene rings is 1. The van der Waals surface area contributed by atoms with E-state index in [0.29, 0.717) is 17.9 Å². The first-order valence-electron chi connectivity index (χ1n) is 4.40. The Bertz CT molecular complexity index is 308. The van der Waals surface area contributed by atoms with Crippen LogP contribution in [0.5, 0.6) is 0 Å². The van der Waals surface area contributed by atoms with Crippen LogP contribution >= 0.6 is 0 Å². The molecule has 1 saturated heterocycles. The summed E-state index contributed by atoms with van der Waals surface area (Å²) in [6, 6.07) is 3.63. The fraction of sp³-hybridized carbons (Fsp3) is 0.400. The second-order valence-corrected chi connectivity index (χ2v) is 3.46. The third-order valence-electron chi connectivity index (χ3n) is 2.38. The lowest BCUT2D eigenvalue weighted by Crippen LogP contribution is -2.43. The Kier molecular flexibility index (Phi) is 2.27. The lowest BCUT2D eigenvalue weighted by Gasteiger charge is -2.27. The Morgan fingerprint density at radius 2 is 2.08 bits per heavy atom. The minimum atomic E-state index is -0.358. The van der Waals surface area contributed by atoms with Crippen molar-refractivity contribution in [3.05, 3.63) is 35.4 Å². The summed E-state index contributed by atoms with van der Waals surface area (Å²) >= 11 is 0. The Balaban J connectivity index is 2.13. The van der Waals surface area contributed by atoms with Crippen LogP contribution in [0.1, 0.15) is 5.56 Å². The van der Waals surface area contributed by atoms with Crippen LogP contribution in [0.3, 0.4) is 0 Å². The van der Waals surface area contributed by atoms with Crippen LogP contribution in [-0.2, 0) is 6.42 Å². The molecule has 2 rings (SSSR count). The van der Waals surface area contributed by atoms with Gasteiger partial charge in [0.2, 0.25) is 0 Å². The summed E-state index contributed by atoms with van der Waals surface area (Å²) in [6.45, 7) is 1.83. The van der Waals surface area contributed by atoms with Crippen LogP contribution < -0.4 is 5.32 Å². The van der Waals surface area contributed by atoms with Crippen LogP contribution in [0.2, 0.25) is 0 Å². The van der Waals surface area contributed by atoms with E-state index >= 15 is 0 Å². The molecule has 0 spiro atoms. The molecule has 0 amide bonds. The standard InChI is InChI=1S/C10H11F2N/c11-9-1-2-10(12)8(4-9)3-7-5-13-6-7/h1-2,4,7,13H,3,5-6H2. The summed E-state index contributed by atoms with van der Waals surface area (Å²) in [5, 5.41) is 3.10. The highest BCUT2D eigenvalue weighted by Crippen LogP contribution is 2.16. The van der Waals surface area contributed by atoms with Gasteiger partial charge in [-0.15, -0.1) is 0 Å². The molecule has 13 heavy (non-hydrogen) atoms. The van der Waals surface area contributed by atoms with Gasteiger partial charge in [0.15, 0.2) is 0 Å². The molecular formula is C10H11F2N. The molecule has 1 aliphatic heterocycles. The van der Waals surface area contributed by atoms with Gasteiger partial charge in [0.25, 0.3) is 0 Å². The van der Waals surface area contributed by atoms with E-state index in [4.69, 9.17) is 0 Å². The van der Waals surface area contributed by atoms with E-state index in [1.165, 1.54) is 12.1 Å². The fourth-order valence-corrected chi connectivity index (χ4v) is 1.50. The molecule has 1 nitrogen and oxygen atoms in total. The molecule has 1 heterocycles. The molecule has 3 heteroatoms. The largest absolute Gasteiger partial charge is 0.316 e. The second kappa shape index (κ2) is 3.42. The van der Waals surface area contributed by atoms with Crippen molar-refractivity contribution in [2.24, 2.45) is 5.92 Å². The van der Waals surface area contributed by atoms with Gasteiger partial charge < -0.3 is 5.32 Å². The van der Waals surface area contributed by atoms with Crippen molar-refractivity contribution in [3.63, 3.8) is 0 Å². The highest BCUT2D eigenvalue weighted by Gasteiger charge is 2.18. The number of nitrogens with one attached hydrogen (secondary N) is 1. The van der Waals surface area contributed by atoms with E-state index in [-0.39, 0.29) is 11.6 Å². The number of halogens is 2. The molecule has 0 aliphatic carbocycles. The lowest BCUT2D eigenvalue weighted by molar-refractivity contribution is 0.342. The third kappa shape index (κ3) is 1.86. The van der Waals surface area contributed by atoms with Crippen LogP contribution in [0, 0.1) is 17.6 Å². The average Bonchev–Trinajstić information content (AvgIpc) is 2.03. The van der Waals surface area contributed by atoms with Gasteiger partial charge in [-0.3, -0.25) is 0 Å². The molecule has 0 bridgehead atoms. The van der Waals surface area contributed by atoms with E-state index in [9.17, 15) is 8.78 Å². The summed E-state index contributed by atoms with van der Waals surface area (Å²) in [5.41, 5.74) is 0.492. The summed E-state index contributed by atoms with van der Waals surface area (Å²) in [7, 11) is 0. The van der Waals surface area contributed by atoms with E-state index in [0.717, 1.165) is 19.2 Å². The number of rotatable bonds is 2. The van der Waals surface area contributed by atoms with Gasteiger partial charge in [0.1, 0.15) is 11.6 Å². The van der Waals surface area contributed by atoms with Crippen molar-refractivity contribution < 1.29 is 8.78 Å². The summed E-state index contributed by atoms with van der Waals surface area (Å²) in [5.74, 6) is -0.187. The first-order chi connectivity index (χ1) is 6.25. The Hall–Kier alpha value is -0.960. The van der Waals surface area contributed by atoms with Crippen molar-refractivity contribution >= 4 is 0 Å². The molecule has 1 fully saturated rings. The van der Waals surface area contributed by atoms with Crippen LogP contribution in [0.15, 0.2) is 18.2 Å². The van der Waals surface area contributed by atoms with E-state index < -0.39 is 0 Å². The SMILES string of the molecule is Fc1ccc(F)c(CC2CNC2)c1. The molecule has 1 aliphatic rings. The molecular weight excluding hydrogens is 172 g/mol. The van der Waals surface area contributed by atoms with Gasteiger partial charge in [0.05, 0.1) is 0 Å². The quantitative estimate of drug-likeness (QED) is 0.736. The Morgan fingerprint density at radius 1 is 1.31 bits per heavy atom. The normalized spacial score (nSPS) is 17.1. The minimum absolute atomic E-state index is 0.298. The second-order valence-electron chi connectivity index (χ2n) is 3.46. The monoisotopic (exact) mass is 183 g/mol. The highest BCUT2D eigenvalue weighted by atomic mass is 19.1. The minimum Gasteiger partial charge on any atom is -0.316 e. The topological polar surface area (TPSA) is 12.0 Å². The Labute approximate surface area is 75.8 Å². The molecule has 0 radical (unpaired) electrons. The van der Waals surface area contributed by atoms with Gasteiger partial charge in [0, 0.05) is 0 Å². The first-order valence-corrected chi connectivity index (χ1v) is 4.40. The van der Waals surface area contributed by atoms with Crippen molar-refractivity contribution in [2.75, 3.05) is 13.1 Å². The fourth-order valence-electron chi connectivity index (χ4n) is 1.50. The van der Waals surface area contributed by atoms with Crippen LogP contribution in [-0.4, -0.2) is 13.1 Å². The maximum absolute atomic E-state index is 13.1. The van der Waals surface area contributed by atoms with Crippen molar-refractivity contribution in [2.45, 2.75) is 6.42 Å². The molecule has 1 N–H and O–H groups in total. The molecule has 1 aromatic rings. The van der Waals surface area contributed by atoms with Crippen molar-refractivity contribution in [1.29, 1.82) is 0 Å². The predicted octanol–water partition coefficient (Wildman–Crippen LogP) is 1.73. The van der Waals surface area contributed by atoms with Gasteiger partial charge in [-0.05, 0) is 49.2 Å². The van der Waals surface area contributed by atoms with Gasteiger partial charge >= 0.3 is 0 Å².